The molecular formula is C36H47N5OS. The molecule has 2 saturated heterocycles. The normalized spacial score (nSPS) is 18.7. The third-order valence-electron chi connectivity index (χ3n) is 9.23. The van der Waals surface area contributed by atoms with Crippen LogP contribution in [0.1, 0.15) is 64.0 Å². The minimum atomic E-state index is -0.612. The molecule has 5 rings (SSSR count). The number of hydrogen-bond donors (Lipinski definition) is 1. The molecule has 1 unspecified atom stereocenters. The fraction of sp³-hybridized carbons (Fsp3) is 0.444. The van der Waals surface area contributed by atoms with Gasteiger partial charge < -0.3 is 15.1 Å². The molecule has 7 heteroatoms. The van der Waals surface area contributed by atoms with Gasteiger partial charge in [0.2, 0.25) is 0 Å². The number of para-hydroxylation sites is 2. The summed E-state index contributed by atoms with van der Waals surface area (Å²) in [5.41, 5.74) is 3.77. The zero-order valence-corrected chi connectivity index (χ0v) is 26.7. The van der Waals surface area contributed by atoms with Crippen molar-refractivity contribution in [2.45, 2.75) is 70.5 Å². The fourth-order valence-corrected chi connectivity index (χ4v) is 7.36. The van der Waals surface area contributed by atoms with E-state index in [1.54, 1.807) is 0 Å². The minimum absolute atomic E-state index is 0.124. The van der Waals surface area contributed by atoms with Crippen LogP contribution in [-0.2, 0) is 12.1 Å². The van der Waals surface area contributed by atoms with Crippen molar-refractivity contribution < 1.29 is 0 Å². The van der Waals surface area contributed by atoms with Crippen molar-refractivity contribution in [1.82, 2.24) is 24.3 Å². The smallest absolute Gasteiger partial charge is 0.329 e. The Bertz CT molecular complexity index is 1510. The second-order valence-electron chi connectivity index (χ2n) is 11.8. The average Bonchev–Trinajstić information content (AvgIpc) is 3.33. The summed E-state index contributed by atoms with van der Waals surface area (Å²) < 4.78 is 4.07. The molecule has 0 aliphatic carbocycles. The summed E-state index contributed by atoms with van der Waals surface area (Å²) >= 11 is 6.06. The van der Waals surface area contributed by atoms with Crippen LogP contribution in [0.3, 0.4) is 0 Å². The summed E-state index contributed by atoms with van der Waals surface area (Å²) in [5, 5.41) is 4.44. The van der Waals surface area contributed by atoms with Crippen LogP contribution in [0.15, 0.2) is 95.8 Å². The van der Waals surface area contributed by atoms with Gasteiger partial charge in [0.25, 0.3) is 0 Å². The van der Waals surface area contributed by atoms with Crippen LogP contribution in [0.4, 0.5) is 0 Å². The number of rotatable bonds is 10. The number of imidazole rings is 1. The third-order valence-corrected chi connectivity index (χ3v) is 9.59. The number of thiocarbonyl (C=S) groups is 1. The zero-order valence-electron chi connectivity index (χ0n) is 25.9. The lowest BCUT2D eigenvalue weighted by Gasteiger charge is -2.40. The second-order valence-corrected chi connectivity index (χ2v) is 12.2. The first-order valence-corrected chi connectivity index (χ1v) is 16.4. The Kier molecular flexibility index (Phi) is 10.4. The number of piperidine rings is 2. The van der Waals surface area contributed by atoms with Gasteiger partial charge in [0.15, 0.2) is 5.11 Å². The van der Waals surface area contributed by atoms with Gasteiger partial charge in [-0.25, -0.2) is 4.79 Å². The van der Waals surface area contributed by atoms with Crippen LogP contribution in [-0.4, -0.2) is 56.8 Å². The number of fused-ring (bicyclic) bond motifs is 1. The molecule has 3 heterocycles. The van der Waals surface area contributed by atoms with Gasteiger partial charge in [-0.1, -0.05) is 79.8 Å². The number of aryl methyl sites for hydroxylation is 1. The van der Waals surface area contributed by atoms with Gasteiger partial charge in [-0.2, -0.15) is 0 Å². The van der Waals surface area contributed by atoms with E-state index in [0.717, 1.165) is 67.6 Å². The maximum atomic E-state index is 13.9. The summed E-state index contributed by atoms with van der Waals surface area (Å²) in [6.45, 7) is 14.0. The number of aromatic nitrogens is 2. The molecule has 1 aromatic heterocycles. The first-order chi connectivity index (χ1) is 21.0. The van der Waals surface area contributed by atoms with Crippen molar-refractivity contribution in [1.29, 1.82) is 0 Å². The first kappa shape index (κ1) is 31.0. The molecular weight excluding hydrogens is 550 g/mol. The highest BCUT2D eigenvalue weighted by molar-refractivity contribution is 7.80. The predicted molar refractivity (Wildman–Crippen MR) is 184 cm³/mol. The summed E-state index contributed by atoms with van der Waals surface area (Å²) in [5.74, 6) is 0. The highest BCUT2D eigenvalue weighted by Crippen LogP contribution is 2.33. The molecule has 2 fully saturated rings. The van der Waals surface area contributed by atoms with Crippen molar-refractivity contribution in [2.24, 2.45) is 0 Å². The van der Waals surface area contributed by atoms with E-state index in [2.05, 4.69) is 80.9 Å². The van der Waals surface area contributed by atoms with Crippen LogP contribution in [0.5, 0.6) is 0 Å². The van der Waals surface area contributed by atoms with Gasteiger partial charge in [0.1, 0.15) is 5.54 Å². The Balaban J connectivity index is 1.31. The topological polar surface area (TPSA) is 45.4 Å². The number of nitrogens with zero attached hydrogens (tertiary/aromatic N) is 4. The van der Waals surface area contributed by atoms with E-state index in [1.165, 1.54) is 32.4 Å². The fourth-order valence-electron chi connectivity index (χ4n) is 7.01. The number of benzene rings is 2. The highest BCUT2D eigenvalue weighted by Gasteiger charge is 2.35. The molecule has 6 nitrogen and oxygen atoms in total. The van der Waals surface area contributed by atoms with Crippen LogP contribution in [0, 0.1) is 0 Å². The molecule has 1 N–H and O–H groups in total. The maximum absolute atomic E-state index is 13.9. The van der Waals surface area contributed by atoms with Crippen molar-refractivity contribution in [3.63, 3.8) is 0 Å². The lowest BCUT2D eigenvalue weighted by molar-refractivity contribution is 0.222. The maximum Gasteiger partial charge on any atom is 0.329 e. The van der Waals surface area contributed by atoms with Crippen molar-refractivity contribution in [3.8, 4) is 0 Å². The largest absolute Gasteiger partial charge is 0.349 e. The minimum Gasteiger partial charge on any atom is -0.349 e. The molecule has 43 heavy (non-hydrogen) atoms. The summed E-state index contributed by atoms with van der Waals surface area (Å²) in [4.78, 5) is 18.7. The lowest BCUT2D eigenvalue weighted by atomic mass is 9.81. The van der Waals surface area contributed by atoms with E-state index in [1.807, 2.05) is 42.7 Å². The zero-order chi connectivity index (χ0) is 30.2. The van der Waals surface area contributed by atoms with Gasteiger partial charge in [-0.05, 0) is 101 Å². The summed E-state index contributed by atoms with van der Waals surface area (Å²) in [6.07, 6.45) is 14.9. The number of likely N-dealkylation sites (tertiary alicyclic amines) is 2. The third kappa shape index (κ3) is 6.58. The number of nitrogens with one attached hydrogen (secondary N) is 1. The average molecular weight is 598 g/mol. The van der Waals surface area contributed by atoms with E-state index >= 15 is 0 Å². The Labute approximate surface area is 262 Å². The molecule has 3 aromatic rings. The van der Waals surface area contributed by atoms with Gasteiger partial charge >= 0.3 is 5.69 Å². The van der Waals surface area contributed by atoms with Gasteiger partial charge in [-0.15, -0.1) is 0 Å². The van der Waals surface area contributed by atoms with Gasteiger partial charge in [0.05, 0.1) is 11.0 Å². The SMILES string of the molecule is C=C/C(=C\C)C(/C=C/C)(NC(=S)N1CCC(n2c(=O)n(CCCN3CCCCC3)c3ccccc32)CC1)c1ccccc1. The Morgan fingerprint density at radius 3 is 2.28 bits per heavy atom. The Morgan fingerprint density at radius 2 is 1.63 bits per heavy atom. The molecule has 0 saturated carbocycles. The first-order valence-electron chi connectivity index (χ1n) is 16.0. The van der Waals surface area contributed by atoms with Gasteiger partial charge in [-0.3, -0.25) is 9.13 Å². The lowest BCUT2D eigenvalue weighted by Crippen LogP contribution is -2.53. The second kappa shape index (κ2) is 14.4. The Hall–Kier alpha value is -3.42. The van der Waals surface area contributed by atoms with Crippen LogP contribution in [0.2, 0.25) is 0 Å². The molecule has 0 radical (unpaired) electrons. The van der Waals surface area contributed by atoms with E-state index in [0.29, 0.717) is 5.11 Å². The number of hydrogen-bond acceptors (Lipinski definition) is 3. The quantitative estimate of drug-likeness (QED) is 0.158. The van der Waals surface area contributed by atoms with E-state index in [4.69, 9.17) is 12.2 Å². The van der Waals surface area contributed by atoms with E-state index in [9.17, 15) is 4.79 Å². The van der Waals surface area contributed by atoms with E-state index < -0.39 is 5.54 Å². The number of allylic oxidation sites excluding steroid dienone is 2. The molecule has 0 spiro atoms. The molecule has 2 aliphatic rings. The Morgan fingerprint density at radius 1 is 0.953 bits per heavy atom. The van der Waals surface area contributed by atoms with Crippen LogP contribution < -0.4 is 11.0 Å². The monoisotopic (exact) mass is 597 g/mol. The molecule has 228 valence electrons. The van der Waals surface area contributed by atoms with Crippen LogP contribution >= 0.6 is 12.2 Å². The molecule has 0 amide bonds. The molecule has 1 atom stereocenters. The van der Waals surface area contributed by atoms with Crippen molar-refractivity contribution >= 4 is 28.4 Å². The summed E-state index contributed by atoms with van der Waals surface area (Å²) in [7, 11) is 0. The summed E-state index contributed by atoms with van der Waals surface area (Å²) in [6, 6.07) is 18.9. The van der Waals surface area contributed by atoms with E-state index in [-0.39, 0.29) is 11.7 Å². The van der Waals surface area contributed by atoms with Crippen molar-refractivity contribution in [2.75, 3.05) is 32.7 Å². The molecule has 2 aliphatic heterocycles. The highest BCUT2D eigenvalue weighted by atomic mass is 32.1. The van der Waals surface area contributed by atoms with Crippen LogP contribution in [0.25, 0.3) is 11.0 Å². The van der Waals surface area contributed by atoms with Crippen molar-refractivity contribution in [3.05, 3.63) is 107 Å². The molecule has 0 bridgehead atoms. The molecule has 2 aromatic carbocycles. The predicted octanol–water partition coefficient (Wildman–Crippen LogP) is 6.79. The standard InChI is InChI=1S/C36H47N5OS/c1-4-22-36(29(5-2)6-3,30-16-9-7-10-17-30)37-34(43)39-27-20-31(21-28-39)41-33-19-12-11-18-32(33)40(35(41)42)26-15-25-38-23-13-8-14-24-38/h4-7,9-12,16-19,22,31H,2,8,13-15,20-21,23-28H2,1,3H3,(H,37,43)/b22-4+,29-6+. The van der Waals surface area contributed by atoms with Gasteiger partial charge in [0, 0.05) is 25.7 Å².